The van der Waals surface area contributed by atoms with Crippen LogP contribution in [0, 0.1) is 6.92 Å². The quantitative estimate of drug-likeness (QED) is 0.486. The summed E-state index contributed by atoms with van der Waals surface area (Å²) in [6.45, 7) is 3.97. The van der Waals surface area contributed by atoms with E-state index in [1.54, 1.807) is 20.1 Å². The topological polar surface area (TPSA) is 90.5 Å². The Bertz CT molecular complexity index is 1320. The Morgan fingerprint density at radius 3 is 2.56 bits per heavy atom. The number of para-hydroxylation sites is 1. The second kappa shape index (κ2) is 9.05. The number of hydrogen-bond acceptors (Lipinski definition) is 5. The number of ether oxygens (including phenoxy) is 1. The van der Waals surface area contributed by atoms with Crippen molar-refractivity contribution in [2.45, 2.75) is 33.4 Å². The first kappa shape index (κ1) is 21.3. The molecule has 164 valence electrons. The molecule has 2 aromatic heterocycles. The number of rotatable bonds is 7. The number of hydrogen-bond donors (Lipinski definition) is 1. The van der Waals surface area contributed by atoms with Crippen LogP contribution in [0.5, 0.6) is 5.75 Å². The molecule has 4 rings (SSSR count). The molecule has 8 heteroatoms. The highest BCUT2D eigenvalue weighted by molar-refractivity contribution is 5.76. The van der Waals surface area contributed by atoms with Crippen LogP contribution in [0.1, 0.15) is 23.9 Å². The van der Waals surface area contributed by atoms with Crippen LogP contribution in [0.15, 0.2) is 59.4 Å². The first-order chi connectivity index (χ1) is 15.5. The van der Waals surface area contributed by atoms with E-state index in [9.17, 15) is 9.59 Å². The highest BCUT2D eigenvalue weighted by atomic mass is 16.5. The van der Waals surface area contributed by atoms with Gasteiger partial charge in [0.15, 0.2) is 0 Å². The minimum atomic E-state index is -0.369. The minimum Gasteiger partial charge on any atom is -0.496 e. The molecule has 0 unspecified atom stereocenters. The van der Waals surface area contributed by atoms with Crippen LogP contribution in [-0.4, -0.2) is 32.4 Å². The SMILES string of the molecule is CCc1ccc(-c2cc3c(=O)n(CC(=O)NCc4ccccc4OC)nc(C)n3n2)cc1. The summed E-state index contributed by atoms with van der Waals surface area (Å²) in [6, 6.07) is 17.3. The fraction of sp³-hybridized carbons (Fsp3) is 0.250. The van der Waals surface area contributed by atoms with E-state index in [0.717, 1.165) is 17.5 Å². The molecule has 1 N–H and O–H groups in total. The normalized spacial score (nSPS) is 11.0. The number of benzene rings is 2. The Kier molecular flexibility index (Phi) is 6.02. The number of aromatic nitrogens is 4. The number of carbonyl (C=O) groups excluding carboxylic acids is 1. The van der Waals surface area contributed by atoms with Gasteiger partial charge in [0.1, 0.15) is 23.6 Å². The Hall–Kier alpha value is -3.94. The van der Waals surface area contributed by atoms with E-state index in [-0.39, 0.29) is 18.0 Å². The molecule has 0 atom stereocenters. The van der Waals surface area contributed by atoms with Crippen molar-refractivity contribution in [1.82, 2.24) is 24.7 Å². The maximum absolute atomic E-state index is 13.0. The zero-order chi connectivity index (χ0) is 22.7. The lowest BCUT2D eigenvalue weighted by atomic mass is 10.1. The van der Waals surface area contributed by atoms with Crippen molar-refractivity contribution in [2.75, 3.05) is 7.11 Å². The van der Waals surface area contributed by atoms with Crippen molar-refractivity contribution in [3.8, 4) is 17.0 Å². The number of fused-ring (bicyclic) bond motifs is 1. The molecule has 0 aliphatic heterocycles. The second-order valence-corrected chi connectivity index (χ2v) is 7.48. The average molecular weight is 431 g/mol. The van der Waals surface area contributed by atoms with E-state index in [1.165, 1.54) is 14.8 Å². The van der Waals surface area contributed by atoms with Gasteiger partial charge < -0.3 is 10.1 Å². The van der Waals surface area contributed by atoms with Gasteiger partial charge in [-0.15, -0.1) is 0 Å². The number of aryl methyl sites for hydroxylation is 2. The van der Waals surface area contributed by atoms with Gasteiger partial charge in [0.2, 0.25) is 5.91 Å². The summed E-state index contributed by atoms with van der Waals surface area (Å²) >= 11 is 0. The molecule has 32 heavy (non-hydrogen) atoms. The molecule has 0 fully saturated rings. The molecule has 0 bridgehead atoms. The Morgan fingerprint density at radius 2 is 1.84 bits per heavy atom. The van der Waals surface area contributed by atoms with E-state index < -0.39 is 0 Å². The van der Waals surface area contributed by atoms with Crippen molar-refractivity contribution < 1.29 is 9.53 Å². The zero-order valence-corrected chi connectivity index (χ0v) is 18.3. The van der Waals surface area contributed by atoms with E-state index in [1.807, 2.05) is 36.4 Å². The largest absolute Gasteiger partial charge is 0.496 e. The highest BCUT2D eigenvalue weighted by Gasteiger charge is 2.15. The van der Waals surface area contributed by atoms with Gasteiger partial charge in [0.25, 0.3) is 5.56 Å². The third-order valence-corrected chi connectivity index (χ3v) is 5.35. The molecule has 0 radical (unpaired) electrons. The fourth-order valence-electron chi connectivity index (χ4n) is 3.57. The summed E-state index contributed by atoms with van der Waals surface area (Å²) in [5, 5.41) is 11.6. The Balaban J connectivity index is 1.56. The van der Waals surface area contributed by atoms with Crippen LogP contribution < -0.4 is 15.6 Å². The van der Waals surface area contributed by atoms with E-state index >= 15 is 0 Å². The summed E-state index contributed by atoms with van der Waals surface area (Å²) in [6.07, 6.45) is 0.957. The Morgan fingerprint density at radius 1 is 1.09 bits per heavy atom. The fourth-order valence-corrected chi connectivity index (χ4v) is 3.57. The number of nitrogens with zero attached hydrogens (tertiary/aromatic N) is 4. The minimum absolute atomic E-state index is 0.183. The maximum atomic E-state index is 13.0. The molecule has 0 aliphatic rings. The van der Waals surface area contributed by atoms with Crippen LogP contribution in [0.2, 0.25) is 0 Å². The van der Waals surface area contributed by atoms with Gasteiger partial charge >= 0.3 is 0 Å². The van der Waals surface area contributed by atoms with Crippen LogP contribution >= 0.6 is 0 Å². The van der Waals surface area contributed by atoms with Gasteiger partial charge in [-0.25, -0.2) is 9.20 Å². The molecule has 8 nitrogen and oxygen atoms in total. The highest BCUT2D eigenvalue weighted by Crippen LogP contribution is 2.20. The number of nitrogens with one attached hydrogen (secondary N) is 1. The smallest absolute Gasteiger partial charge is 0.293 e. The molecular formula is C24H25N5O3. The molecule has 2 aromatic carbocycles. The van der Waals surface area contributed by atoms with Crippen LogP contribution in [0.25, 0.3) is 16.8 Å². The lowest BCUT2D eigenvalue weighted by Gasteiger charge is -2.10. The Labute approximate surface area is 185 Å². The summed E-state index contributed by atoms with van der Waals surface area (Å²) in [4.78, 5) is 25.5. The van der Waals surface area contributed by atoms with Gasteiger partial charge in [-0.3, -0.25) is 9.59 Å². The first-order valence-corrected chi connectivity index (χ1v) is 10.5. The van der Waals surface area contributed by atoms with Crippen LogP contribution in [-0.2, 0) is 24.3 Å². The molecule has 0 aliphatic carbocycles. The van der Waals surface area contributed by atoms with Crippen molar-refractivity contribution in [1.29, 1.82) is 0 Å². The standard InChI is InChI=1S/C24H25N5O3/c1-4-17-9-11-18(12-10-17)20-13-21-24(31)28(26-16(2)29(21)27-20)15-23(30)25-14-19-7-5-6-8-22(19)32-3/h5-13H,4,14-15H2,1-3H3,(H,25,30). The third kappa shape index (κ3) is 4.25. The lowest BCUT2D eigenvalue weighted by molar-refractivity contribution is -0.122. The predicted molar refractivity (Wildman–Crippen MR) is 122 cm³/mol. The van der Waals surface area contributed by atoms with E-state index in [2.05, 4.69) is 34.6 Å². The zero-order valence-electron chi connectivity index (χ0n) is 18.3. The van der Waals surface area contributed by atoms with Gasteiger partial charge in [0, 0.05) is 17.7 Å². The predicted octanol–water partition coefficient (Wildman–Crippen LogP) is 2.75. The molecule has 0 saturated heterocycles. The van der Waals surface area contributed by atoms with Gasteiger partial charge in [-0.05, 0) is 31.0 Å². The van der Waals surface area contributed by atoms with Crippen molar-refractivity contribution in [3.05, 3.63) is 81.9 Å². The summed E-state index contributed by atoms with van der Waals surface area (Å²) < 4.78 is 8.00. The summed E-state index contributed by atoms with van der Waals surface area (Å²) in [5.74, 6) is 0.900. The number of methoxy groups -OCH3 is 1. The van der Waals surface area contributed by atoms with Crippen molar-refractivity contribution >= 4 is 11.4 Å². The maximum Gasteiger partial charge on any atom is 0.293 e. The van der Waals surface area contributed by atoms with Crippen molar-refractivity contribution in [2.24, 2.45) is 0 Å². The van der Waals surface area contributed by atoms with Crippen LogP contribution in [0.4, 0.5) is 0 Å². The molecule has 4 aromatic rings. The molecule has 2 heterocycles. The lowest BCUT2D eigenvalue weighted by Crippen LogP contribution is -2.34. The van der Waals surface area contributed by atoms with E-state index in [0.29, 0.717) is 29.3 Å². The molecular weight excluding hydrogens is 406 g/mol. The first-order valence-electron chi connectivity index (χ1n) is 10.5. The average Bonchev–Trinajstić information content (AvgIpc) is 3.28. The third-order valence-electron chi connectivity index (χ3n) is 5.35. The van der Waals surface area contributed by atoms with E-state index in [4.69, 9.17) is 4.74 Å². The van der Waals surface area contributed by atoms with Crippen molar-refractivity contribution in [3.63, 3.8) is 0 Å². The van der Waals surface area contributed by atoms with Gasteiger partial charge in [-0.1, -0.05) is 49.4 Å². The van der Waals surface area contributed by atoms with Crippen LogP contribution in [0.3, 0.4) is 0 Å². The second-order valence-electron chi connectivity index (χ2n) is 7.48. The monoisotopic (exact) mass is 431 g/mol. The summed E-state index contributed by atoms with van der Waals surface area (Å²) in [7, 11) is 1.58. The van der Waals surface area contributed by atoms with Gasteiger partial charge in [-0.2, -0.15) is 10.2 Å². The number of amides is 1. The number of carbonyl (C=O) groups is 1. The van der Waals surface area contributed by atoms with Gasteiger partial charge in [0.05, 0.1) is 12.8 Å². The molecule has 0 spiro atoms. The summed E-state index contributed by atoms with van der Waals surface area (Å²) in [5.41, 5.74) is 3.71. The molecule has 1 amide bonds. The molecule has 0 saturated carbocycles.